The third kappa shape index (κ3) is 5.42. The highest BCUT2D eigenvalue weighted by atomic mass is 31.2. The molecule has 0 aromatic heterocycles. The van der Waals surface area contributed by atoms with E-state index in [1.807, 2.05) is 0 Å². The van der Waals surface area contributed by atoms with Crippen molar-refractivity contribution in [1.29, 1.82) is 0 Å². The van der Waals surface area contributed by atoms with Gasteiger partial charge >= 0.3 is 7.57 Å². The van der Waals surface area contributed by atoms with Crippen LogP contribution in [0.1, 0.15) is 0 Å². The Kier molecular flexibility index (Phi) is 5.08. The van der Waals surface area contributed by atoms with Crippen molar-refractivity contribution >= 4 is 36.2 Å². The van der Waals surface area contributed by atoms with Crippen molar-refractivity contribution in [2.75, 3.05) is 5.79 Å². The van der Waals surface area contributed by atoms with E-state index in [9.17, 15) is 0 Å². The Balaban J connectivity index is 3.09. The van der Waals surface area contributed by atoms with Crippen LogP contribution in [0.15, 0.2) is 30.3 Å². The van der Waals surface area contributed by atoms with Crippen molar-refractivity contribution in [2.45, 2.75) is 39.3 Å². The molecule has 0 heterocycles. The van der Waals surface area contributed by atoms with Crippen LogP contribution in [-0.2, 0) is 0 Å². The lowest BCUT2D eigenvalue weighted by Crippen LogP contribution is -2.36. The molecule has 0 bridgehead atoms. The molecule has 18 heavy (non-hydrogen) atoms. The lowest BCUT2D eigenvalue weighted by Gasteiger charge is -2.33. The number of hydrogen-bond acceptors (Lipinski definition) is 0. The van der Waals surface area contributed by atoms with Crippen molar-refractivity contribution in [2.24, 2.45) is 0 Å². The maximum absolute atomic E-state index is 2.80. The minimum atomic E-state index is -1.13. The van der Waals surface area contributed by atoms with E-state index in [0.29, 0.717) is 0 Å². The van der Waals surface area contributed by atoms with E-state index in [1.54, 1.807) is 5.30 Å². The number of benzene rings is 1. The minimum Gasteiger partial charge on any atom is -0.0664 e. The Hall–Kier alpha value is 0.149. The maximum Gasteiger partial charge on any atom is 0.312 e. The zero-order valence-corrected chi connectivity index (χ0v) is 16.0. The largest absolute Gasteiger partial charge is 0.312 e. The van der Waals surface area contributed by atoms with Crippen LogP contribution >= 0.6 is 7.14 Å². The van der Waals surface area contributed by atoms with Crippen LogP contribution in [0.5, 0.6) is 0 Å². The molecule has 1 atom stereocenters. The highest BCUT2D eigenvalue weighted by Crippen LogP contribution is 2.59. The lowest BCUT2D eigenvalue weighted by atomic mass is 10.4. The normalized spacial score (nSPS) is 13.7. The van der Waals surface area contributed by atoms with Crippen molar-refractivity contribution in [3.8, 4) is 0 Å². The average molecular weight is 294 g/mol. The Morgan fingerprint density at radius 1 is 1.00 bits per heavy atom. The molecule has 0 saturated heterocycles. The topological polar surface area (TPSA) is 0 Å². The molecule has 0 amide bonds. The fourth-order valence-corrected chi connectivity index (χ4v) is 20.9. The van der Waals surface area contributed by atoms with Crippen LogP contribution in [0.2, 0.25) is 39.3 Å². The second-order valence-electron chi connectivity index (χ2n) is 7.82. The molecule has 0 spiro atoms. The van der Waals surface area contributed by atoms with Gasteiger partial charge in [0.2, 0.25) is 0 Å². The lowest BCUT2D eigenvalue weighted by molar-refractivity contribution is 1.64. The first-order chi connectivity index (χ1) is 8.02. The summed E-state index contributed by atoms with van der Waals surface area (Å²) in [7, 11) is -0.675. The third-order valence-electron chi connectivity index (χ3n) is 2.82. The predicted molar refractivity (Wildman–Crippen MR) is 97.4 cm³/mol. The SMILES string of the molecule is B[P+]([CH][Si](C)(C)C)(C[Si](C)(C)C)c1ccccc1. The maximum atomic E-state index is 2.80. The Morgan fingerprint density at radius 2 is 1.50 bits per heavy atom. The summed E-state index contributed by atoms with van der Waals surface area (Å²) in [6.07, 6.45) is 0. The molecular weight excluding hydrogens is 266 g/mol. The molecule has 0 aliphatic carbocycles. The van der Waals surface area contributed by atoms with Gasteiger partial charge < -0.3 is 0 Å². The summed E-state index contributed by atoms with van der Waals surface area (Å²) in [6, 6.07) is 11.2. The Morgan fingerprint density at radius 3 is 1.89 bits per heavy atom. The summed E-state index contributed by atoms with van der Waals surface area (Å²) in [5.41, 5.74) is 0. The van der Waals surface area contributed by atoms with Crippen LogP contribution < -0.4 is 5.30 Å². The summed E-state index contributed by atoms with van der Waals surface area (Å²) in [5.74, 6) is 4.25. The molecule has 1 radical (unpaired) electrons. The van der Waals surface area contributed by atoms with Gasteiger partial charge in [-0.25, -0.2) is 0 Å². The van der Waals surface area contributed by atoms with E-state index in [1.165, 1.54) is 5.79 Å². The van der Waals surface area contributed by atoms with Crippen molar-refractivity contribution < 1.29 is 0 Å². The van der Waals surface area contributed by atoms with Crippen LogP contribution in [0.4, 0.5) is 0 Å². The van der Waals surface area contributed by atoms with E-state index in [-0.39, 0.29) is 0 Å². The van der Waals surface area contributed by atoms with E-state index in [0.717, 1.165) is 0 Å². The first kappa shape index (κ1) is 16.2. The van der Waals surface area contributed by atoms with Gasteiger partial charge in [0.05, 0.1) is 27.2 Å². The third-order valence-corrected chi connectivity index (χ3v) is 16.1. The summed E-state index contributed by atoms with van der Waals surface area (Å²) < 4.78 is 0. The molecule has 4 heteroatoms. The van der Waals surface area contributed by atoms with E-state index < -0.39 is 23.3 Å². The Bertz CT molecular complexity index is 363. The van der Waals surface area contributed by atoms with Gasteiger partial charge in [-0.2, -0.15) is 0 Å². The summed E-state index contributed by atoms with van der Waals surface area (Å²) in [5, 5.41) is 1.61. The fraction of sp³-hybridized carbons (Fsp3) is 0.500. The molecule has 1 rings (SSSR count). The molecule has 0 saturated carbocycles. The summed E-state index contributed by atoms with van der Waals surface area (Å²) in [6.45, 7) is 14.9. The van der Waals surface area contributed by atoms with Gasteiger partial charge in [0, 0.05) is 5.79 Å². The molecule has 0 aliphatic heterocycles. The van der Waals surface area contributed by atoms with Crippen LogP contribution in [0.3, 0.4) is 0 Å². The van der Waals surface area contributed by atoms with Crippen molar-refractivity contribution in [3.05, 3.63) is 36.1 Å². The molecule has 1 unspecified atom stereocenters. The summed E-state index contributed by atoms with van der Waals surface area (Å²) >= 11 is 0. The van der Waals surface area contributed by atoms with Gasteiger partial charge in [-0.15, -0.1) is 0 Å². The van der Waals surface area contributed by atoms with Crippen LogP contribution in [0, 0.1) is 5.79 Å². The molecule has 0 nitrogen and oxygen atoms in total. The van der Waals surface area contributed by atoms with E-state index in [4.69, 9.17) is 0 Å². The Labute approximate surface area is 117 Å². The fourth-order valence-electron chi connectivity index (χ4n) is 2.82. The van der Waals surface area contributed by atoms with Crippen LogP contribution in [-0.4, -0.2) is 29.5 Å². The van der Waals surface area contributed by atoms with Gasteiger partial charge in [-0.05, 0) is 19.3 Å². The number of rotatable bonds is 5. The van der Waals surface area contributed by atoms with E-state index in [2.05, 4.69) is 83.0 Å². The van der Waals surface area contributed by atoms with Gasteiger partial charge in [0.15, 0.2) is 0 Å². The standard InChI is InChI=1S/C14H28BPSi2/c1-17(2,3)12-16(15,13-18(4,5)6)14-10-8-7-9-11-14/h7-12H,13,15H2,1-6H3/q+1. The summed E-state index contributed by atoms with van der Waals surface area (Å²) in [4.78, 5) is 0. The second-order valence-corrected chi connectivity index (χ2v) is 23.0. The zero-order valence-electron chi connectivity index (χ0n) is 13.1. The van der Waals surface area contributed by atoms with Gasteiger partial charge in [-0.1, -0.05) is 57.5 Å². The van der Waals surface area contributed by atoms with Gasteiger partial charge in [0.25, 0.3) is 0 Å². The zero-order chi connectivity index (χ0) is 14.0. The first-order valence-electron chi connectivity index (χ1n) is 6.80. The first-order valence-corrected chi connectivity index (χ1v) is 16.6. The number of hydrogen-bond donors (Lipinski definition) is 0. The smallest absolute Gasteiger partial charge is 0.0664 e. The average Bonchev–Trinajstić information content (AvgIpc) is 2.13. The van der Waals surface area contributed by atoms with Gasteiger partial charge in [0.1, 0.15) is 0 Å². The van der Waals surface area contributed by atoms with Gasteiger partial charge in [-0.3, -0.25) is 0 Å². The molecule has 99 valence electrons. The molecule has 1 aromatic rings. The van der Waals surface area contributed by atoms with Crippen molar-refractivity contribution in [1.82, 2.24) is 0 Å². The molecule has 1 aromatic carbocycles. The van der Waals surface area contributed by atoms with E-state index >= 15 is 0 Å². The second kappa shape index (κ2) is 5.64. The molecular formula is C14H28BPSi2+. The van der Waals surface area contributed by atoms with Crippen molar-refractivity contribution in [3.63, 3.8) is 0 Å². The highest BCUT2D eigenvalue weighted by molar-refractivity contribution is 8.07. The molecule has 0 fully saturated rings. The highest BCUT2D eigenvalue weighted by Gasteiger charge is 2.43. The minimum absolute atomic E-state index is 1.03. The monoisotopic (exact) mass is 294 g/mol. The molecule has 0 aliphatic rings. The molecule has 0 N–H and O–H groups in total. The van der Waals surface area contributed by atoms with Crippen LogP contribution in [0.25, 0.3) is 0 Å². The predicted octanol–water partition coefficient (Wildman–Crippen LogP) is 3.79. The quantitative estimate of drug-likeness (QED) is 0.572.